The van der Waals surface area contributed by atoms with E-state index in [1.165, 1.54) is 6.07 Å². The van der Waals surface area contributed by atoms with Crippen LogP contribution < -0.4 is 16.4 Å². The fourth-order valence-electron chi connectivity index (χ4n) is 1.67. The Morgan fingerprint density at radius 3 is 2.35 bits per heavy atom. The van der Waals surface area contributed by atoms with E-state index in [1.54, 1.807) is 11.8 Å². The number of hydrogen-bond donors (Lipinski definition) is 3. The molecule has 4 N–H and O–H groups in total. The molecule has 1 aromatic rings. The Balaban J connectivity index is 0.00000484. The molecule has 0 spiro atoms. The van der Waals surface area contributed by atoms with Gasteiger partial charge in [-0.05, 0) is 30.6 Å². The lowest BCUT2D eigenvalue weighted by Crippen LogP contribution is -2.43. The second-order valence-corrected chi connectivity index (χ2v) is 5.52. The topological polar surface area (TPSA) is 84.2 Å². The molecule has 0 aliphatic carbocycles. The van der Waals surface area contributed by atoms with E-state index < -0.39 is 29.1 Å². The lowest BCUT2D eigenvalue weighted by atomic mass is 10.2. The van der Waals surface area contributed by atoms with Crippen LogP contribution in [0.25, 0.3) is 0 Å². The van der Waals surface area contributed by atoms with Gasteiger partial charge in [-0.1, -0.05) is 6.07 Å². The van der Waals surface area contributed by atoms with Crippen molar-refractivity contribution in [2.75, 3.05) is 25.1 Å². The summed E-state index contributed by atoms with van der Waals surface area (Å²) in [6, 6.07) is 2.58. The molecule has 5 nitrogen and oxygen atoms in total. The van der Waals surface area contributed by atoms with E-state index in [2.05, 4.69) is 10.6 Å². The number of carbonyl (C=O) groups is 2. The molecule has 0 bridgehead atoms. The van der Waals surface area contributed by atoms with Gasteiger partial charge in [0.15, 0.2) is 0 Å². The van der Waals surface area contributed by atoms with Crippen LogP contribution in [0.15, 0.2) is 18.2 Å². The molecule has 130 valence electrons. The fraction of sp³-hybridized carbons (Fsp3) is 0.429. The second-order valence-electron chi connectivity index (χ2n) is 4.53. The van der Waals surface area contributed by atoms with E-state index in [1.807, 2.05) is 6.26 Å². The summed E-state index contributed by atoms with van der Waals surface area (Å²) in [6.45, 7) is 0.182. The van der Waals surface area contributed by atoms with Gasteiger partial charge in [-0.2, -0.15) is 11.8 Å². The lowest BCUT2D eigenvalue weighted by Gasteiger charge is -2.12. The van der Waals surface area contributed by atoms with Crippen molar-refractivity contribution in [3.05, 3.63) is 35.4 Å². The highest BCUT2D eigenvalue weighted by atomic mass is 35.5. The third-order valence-corrected chi connectivity index (χ3v) is 3.51. The smallest absolute Gasteiger partial charge is 0.257 e. The van der Waals surface area contributed by atoms with Gasteiger partial charge in [0.25, 0.3) is 5.91 Å². The highest BCUT2D eigenvalue weighted by Crippen LogP contribution is 2.11. The average molecular weight is 368 g/mol. The van der Waals surface area contributed by atoms with Crippen LogP contribution in [0.2, 0.25) is 0 Å². The fourth-order valence-corrected chi connectivity index (χ4v) is 2.16. The number of rotatable bonds is 8. The molecule has 0 aliphatic heterocycles. The Hall–Kier alpha value is -1.38. The number of benzene rings is 1. The van der Waals surface area contributed by atoms with E-state index in [0.29, 0.717) is 6.42 Å². The monoisotopic (exact) mass is 367 g/mol. The van der Waals surface area contributed by atoms with Crippen LogP contribution in [-0.4, -0.2) is 43.0 Å². The molecule has 1 aromatic carbocycles. The van der Waals surface area contributed by atoms with Crippen LogP contribution in [0.4, 0.5) is 8.78 Å². The zero-order valence-electron chi connectivity index (χ0n) is 12.6. The molecule has 1 rings (SSSR count). The molecule has 0 fully saturated rings. The summed E-state index contributed by atoms with van der Waals surface area (Å²) in [7, 11) is 0. The van der Waals surface area contributed by atoms with Gasteiger partial charge < -0.3 is 16.4 Å². The first-order chi connectivity index (χ1) is 10.5. The van der Waals surface area contributed by atoms with Crippen molar-refractivity contribution in [1.82, 2.24) is 10.6 Å². The van der Waals surface area contributed by atoms with Gasteiger partial charge in [-0.15, -0.1) is 12.4 Å². The summed E-state index contributed by atoms with van der Waals surface area (Å²) >= 11 is 1.59. The van der Waals surface area contributed by atoms with Gasteiger partial charge in [0, 0.05) is 13.1 Å². The summed E-state index contributed by atoms with van der Waals surface area (Å²) in [5.41, 5.74) is 5.03. The molecule has 2 amide bonds. The molecular weight excluding hydrogens is 348 g/mol. The Kier molecular flexibility index (Phi) is 10.5. The van der Waals surface area contributed by atoms with Crippen LogP contribution in [0, 0.1) is 11.6 Å². The van der Waals surface area contributed by atoms with Gasteiger partial charge in [0.05, 0.1) is 6.04 Å². The minimum absolute atomic E-state index is 0. The summed E-state index contributed by atoms with van der Waals surface area (Å²) in [5.74, 6) is -2.27. The van der Waals surface area contributed by atoms with Crippen LogP contribution in [0.1, 0.15) is 16.8 Å². The molecule has 9 heteroatoms. The Morgan fingerprint density at radius 2 is 1.78 bits per heavy atom. The maximum absolute atomic E-state index is 13.4. The van der Waals surface area contributed by atoms with Crippen LogP contribution >= 0.6 is 24.2 Å². The van der Waals surface area contributed by atoms with E-state index in [-0.39, 0.29) is 31.4 Å². The average Bonchev–Trinajstić information content (AvgIpc) is 2.48. The number of nitrogens with one attached hydrogen (secondary N) is 2. The van der Waals surface area contributed by atoms with Gasteiger partial charge in [0.2, 0.25) is 5.91 Å². The molecule has 0 saturated heterocycles. The molecule has 0 aliphatic rings. The van der Waals surface area contributed by atoms with Crippen molar-refractivity contribution in [2.45, 2.75) is 12.5 Å². The van der Waals surface area contributed by atoms with Crippen LogP contribution in [-0.2, 0) is 4.79 Å². The van der Waals surface area contributed by atoms with Gasteiger partial charge in [-0.25, -0.2) is 8.78 Å². The van der Waals surface area contributed by atoms with Crippen molar-refractivity contribution in [3.63, 3.8) is 0 Å². The first kappa shape index (κ1) is 21.6. The van der Waals surface area contributed by atoms with E-state index in [0.717, 1.165) is 17.9 Å². The molecule has 0 heterocycles. The summed E-state index contributed by atoms with van der Waals surface area (Å²) in [5, 5.41) is 4.89. The number of carbonyl (C=O) groups excluding carboxylic acids is 2. The Labute approximate surface area is 144 Å². The largest absolute Gasteiger partial charge is 0.353 e. The lowest BCUT2D eigenvalue weighted by molar-refractivity contribution is -0.122. The molecule has 0 saturated carbocycles. The van der Waals surface area contributed by atoms with Crippen molar-refractivity contribution in [2.24, 2.45) is 5.73 Å². The number of halogens is 3. The maximum atomic E-state index is 13.4. The SMILES string of the molecule is CSCC[C@H](N)C(=O)NCCNC(=O)c1c(F)cccc1F.Cl. The highest BCUT2D eigenvalue weighted by molar-refractivity contribution is 7.98. The van der Waals surface area contributed by atoms with Gasteiger partial charge in [-0.3, -0.25) is 9.59 Å². The first-order valence-electron chi connectivity index (χ1n) is 6.71. The molecule has 1 atom stereocenters. The van der Waals surface area contributed by atoms with E-state index >= 15 is 0 Å². The summed E-state index contributed by atoms with van der Waals surface area (Å²) in [6.07, 6.45) is 2.47. The normalized spacial score (nSPS) is 11.3. The Bertz CT molecular complexity index is 514. The molecule has 0 radical (unpaired) electrons. The zero-order chi connectivity index (χ0) is 16.5. The number of thioether (sulfide) groups is 1. The van der Waals surface area contributed by atoms with Crippen LogP contribution in [0.3, 0.4) is 0 Å². The van der Waals surface area contributed by atoms with E-state index in [9.17, 15) is 18.4 Å². The van der Waals surface area contributed by atoms with Crippen molar-refractivity contribution >= 4 is 36.0 Å². The summed E-state index contributed by atoms with van der Waals surface area (Å²) in [4.78, 5) is 23.3. The number of amides is 2. The molecule has 0 unspecified atom stereocenters. The van der Waals surface area contributed by atoms with Crippen LogP contribution in [0.5, 0.6) is 0 Å². The molecule has 0 aromatic heterocycles. The third-order valence-electron chi connectivity index (χ3n) is 2.87. The van der Waals surface area contributed by atoms with Crippen molar-refractivity contribution < 1.29 is 18.4 Å². The quantitative estimate of drug-likeness (QED) is 0.605. The third kappa shape index (κ3) is 7.15. The summed E-state index contributed by atoms with van der Waals surface area (Å²) < 4.78 is 26.7. The maximum Gasteiger partial charge on any atom is 0.257 e. The van der Waals surface area contributed by atoms with Crippen molar-refractivity contribution in [1.29, 1.82) is 0 Å². The minimum atomic E-state index is -0.930. The first-order valence-corrected chi connectivity index (χ1v) is 8.11. The molecule has 23 heavy (non-hydrogen) atoms. The molecular formula is C14H20ClF2N3O2S. The van der Waals surface area contributed by atoms with E-state index in [4.69, 9.17) is 5.73 Å². The van der Waals surface area contributed by atoms with Gasteiger partial charge >= 0.3 is 0 Å². The number of nitrogens with two attached hydrogens (primary N) is 1. The number of hydrogen-bond acceptors (Lipinski definition) is 4. The minimum Gasteiger partial charge on any atom is -0.353 e. The Morgan fingerprint density at radius 1 is 1.22 bits per heavy atom. The second kappa shape index (κ2) is 11.2. The standard InChI is InChI=1S/C14H19F2N3O2S.ClH/c1-22-8-5-11(17)13(20)18-6-7-19-14(21)12-9(15)3-2-4-10(12)16;/h2-4,11H,5-8,17H2,1H3,(H,18,20)(H,19,21);1H/t11-;/m0./s1. The predicted octanol–water partition coefficient (Wildman–Crippen LogP) is 1.31. The van der Waals surface area contributed by atoms with Gasteiger partial charge in [0.1, 0.15) is 17.2 Å². The predicted molar refractivity (Wildman–Crippen MR) is 89.9 cm³/mol. The van der Waals surface area contributed by atoms with Crippen molar-refractivity contribution in [3.8, 4) is 0 Å². The highest BCUT2D eigenvalue weighted by Gasteiger charge is 2.16. The zero-order valence-corrected chi connectivity index (χ0v) is 14.2.